The zero-order chi connectivity index (χ0) is 13.8. The van der Waals surface area contributed by atoms with Crippen molar-refractivity contribution in [3.8, 4) is 0 Å². The lowest BCUT2D eigenvalue weighted by Crippen LogP contribution is -2.27. The number of aryl methyl sites for hydroxylation is 2. The highest BCUT2D eigenvalue weighted by Crippen LogP contribution is 2.25. The molecule has 1 heteroatoms. The molecule has 0 saturated carbocycles. The maximum atomic E-state index is 3.78. The quantitative estimate of drug-likeness (QED) is 0.851. The Balaban J connectivity index is 1.74. The maximum Gasteiger partial charge on any atom is 0.0374 e. The molecule has 1 aliphatic carbocycles. The molecule has 0 aromatic heterocycles. The Bertz CT molecular complexity index is 573. The lowest BCUT2D eigenvalue weighted by atomic mass is 9.88. The van der Waals surface area contributed by atoms with Gasteiger partial charge in [-0.15, -0.1) is 0 Å². The molecule has 1 unspecified atom stereocenters. The van der Waals surface area contributed by atoms with Crippen molar-refractivity contribution < 1.29 is 0 Å². The topological polar surface area (TPSA) is 12.0 Å². The highest BCUT2D eigenvalue weighted by Gasteiger charge is 2.18. The molecule has 20 heavy (non-hydrogen) atoms. The first-order valence-corrected chi connectivity index (χ1v) is 7.78. The van der Waals surface area contributed by atoms with E-state index in [1.165, 1.54) is 41.6 Å². The van der Waals surface area contributed by atoms with E-state index in [1.807, 2.05) is 0 Å². The van der Waals surface area contributed by atoms with Crippen molar-refractivity contribution >= 4 is 5.69 Å². The van der Waals surface area contributed by atoms with Crippen LogP contribution in [-0.4, -0.2) is 6.04 Å². The van der Waals surface area contributed by atoms with Gasteiger partial charge >= 0.3 is 0 Å². The van der Waals surface area contributed by atoms with Crippen molar-refractivity contribution in [3.05, 3.63) is 65.2 Å². The first-order valence-electron chi connectivity index (χ1n) is 7.78. The van der Waals surface area contributed by atoms with E-state index in [1.54, 1.807) is 0 Å². The molecular weight excluding hydrogens is 242 g/mol. The van der Waals surface area contributed by atoms with Crippen molar-refractivity contribution in [3.63, 3.8) is 0 Å². The van der Waals surface area contributed by atoms with Gasteiger partial charge in [-0.05, 0) is 48.4 Å². The number of fused-ring (bicyclic) bond motifs is 1. The van der Waals surface area contributed by atoms with Gasteiger partial charge in [0.25, 0.3) is 0 Å². The van der Waals surface area contributed by atoms with Crippen molar-refractivity contribution in [2.75, 3.05) is 5.32 Å². The van der Waals surface area contributed by atoms with Crippen LogP contribution in [-0.2, 0) is 19.3 Å². The molecule has 1 atom stereocenters. The predicted molar refractivity (Wildman–Crippen MR) is 86.3 cm³/mol. The van der Waals surface area contributed by atoms with Crippen LogP contribution in [0.25, 0.3) is 0 Å². The van der Waals surface area contributed by atoms with Gasteiger partial charge in [-0.3, -0.25) is 0 Å². The summed E-state index contributed by atoms with van der Waals surface area (Å²) in [7, 11) is 0. The third-order valence-corrected chi connectivity index (χ3v) is 4.24. The smallest absolute Gasteiger partial charge is 0.0374 e. The van der Waals surface area contributed by atoms with Crippen LogP contribution >= 0.6 is 0 Å². The largest absolute Gasteiger partial charge is 0.382 e. The molecule has 1 aliphatic rings. The second kappa shape index (κ2) is 6.13. The average molecular weight is 265 g/mol. The van der Waals surface area contributed by atoms with E-state index in [9.17, 15) is 0 Å². The van der Waals surface area contributed by atoms with Crippen molar-refractivity contribution in [1.82, 2.24) is 0 Å². The molecule has 1 nitrogen and oxygen atoms in total. The summed E-state index contributed by atoms with van der Waals surface area (Å²) in [6, 6.07) is 18.2. The van der Waals surface area contributed by atoms with Gasteiger partial charge < -0.3 is 5.32 Å². The molecule has 0 fully saturated rings. The second-order valence-electron chi connectivity index (χ2n) is 5.76. The van der Waals surface area contributed by atoms with Crippen LogP contribution in [0.5, 0.6) is 0 Å². The Labute approximate surface area is 122 Å². The van der Waals surface area contributed by atoms with E-state index in [4.69, 9.17) is 0 Å². The summed E-state index contributed by atoms with van der Waals surface area (Å²) in [5.41, 5.74) is 5.84. The SMILES string of the molecule is CCCc1ccccc1NC1CCc2ccccc2C1. The lowest BCUT2D eigenvalue weighted by Gasteiger charge is -2.27. The number of rotatable bonds is 4. The number of hydrogen-bond acceptors (Lipinski definition) is 1. The highest BCUT2D eigenvalue weighted by atomic mass is 14.9. The minimum absolute atomic E-state index is 0.572. The van der Waals surface area contributed by atoms with Gasteiger partial charge in [0.15, 0.2) is 0 Å². The summed E-state index contributed by atoms with van der Waals surface area (Å²) in [6.45, 7) is 2.24. The van der Waals surface area contributed by atoms with Crippen molar-refractivity contribution in [1.29, 1.82) is 0 Å². The van der Waals surface area contributed by atoms with Crippen LogP contribution in [0.15, 0.2) is 48.5 Å². The van der Waals surface area contributed by atoms with Gasteiger partial charge in [-0.25, -0.2) is 0 Å². The van der Waals surface area contributed by atoms with Crippen LogP contribution in [0, 0.1) is 0 Å². The molecular formula is C19H23N. The first-order chi connectivity index (χ1) is 9.86. The van der Waals surface area contributed by atoms with Crippen molar-refractivity contribution in [2.24, 2.45) is 0 Å². The van der Waals surface area contributed by atoms with E-state index in [2.05, 4.69) is 60.8 Å². The zero-order valence-electron chi connectivity index (χ0n) is 12.2. The normalized spacial score (nSPS) is 17.6. The molecule has 0 radical (unpaired) electrons. The molecule has 2 aromatic rings. The molecule has 0 bridgehead atoms. The minimum Gasteiger partial charge on any atom is -0.382 e. The van der Waals surface area contributed by atoms with E-state index in [0.29, 0.717) is 6.04 Å². The Hall–Kier alpha value is -1.76. The van der Waals surface area contributed by atoms with Crippen LogP contribution in [0.1, 0.15) is 36.5 Å². The van der Waals surface area contributed by atoms with E-state index >= 15 is 0 Å². The summed E-state index contributed by atoms with van der Waals surface area (Å²) in [5, 5.41) is 3.78. The van der Waals surface area contributed by atoms with Gasteiger partial charge in [0, 0.05) is 11.7 Å². The minimum atomic E-state index is 0.572. The average Bonchev–Trinajstić information content (AvgIpc) is 2.49. The zero-order valence-corrected chi connectivity index (χ0v) is 12.2. The fraction of sp³-hybridized carbons (Fsp3) is 0.368. The molecule has 0 saturated heterocycles. The Kier molecular flexibility index (Phi) is 4.05. The predicted octanol–water partition coefficient (Wildman–Crippen LogP) is 4.61. The number of benzene rings is 2. The van der Waals surface area contributed by atoms with Gasteiger partial charge in [0.1, 0.15) is 0 Å². The van der Waals surface area contributed by atoms with Gasteiger partial charge in [-0.2, -0.15) is 0 Å². The Morgan fingerprint density at radius 2 is 1.75 bits per heavy atom. The van der Waals surface area contributed by atoms with Crippen LogP contribution < -0.4 is 5.32 Å². The lowest BCUT2D eigenvalue weighted by molar-refractivity contribution is 0.610. The fourth-order valence-electron chi connectivity index (χ4n) is 3.19. The number of hydrogen-bond donors (Lipinski definition) is 1. The first kappa shape index (κ1) is 13.2. The summed E-state index contributed by atoms with van der Waals surface area (Å²) >= 11 is 0. The van der Waals surface area contributed by atoms with Crippen LogP contribution in [0.3, 0.4) is 0 Å². The monoisotopic (exact) mass is 265 g/mol. The van der Waals surface area contributed by atoms with E-state index in [-0.39, 0.29) is 0 Å². The summed E-state index contributed by atoms with van der Waals surface area (Å²) in [4.78, 5) is 0. The second-order valence-corrected chi connectivity index (χ2v) is 5.76. The standard InChI is InChI=1S/C19H23N/c1-2-7-16-9-5-6-11-19(16)20-18-13-12-15-8-3-4-10-17(15)14-18/h3-6,8-11,18,20H,2,7,12-14H2,1H3. The summed E-state index contributed by atoms with van der Waals surface area (Å²) in [6.07, 6.45) is 5.94. The molecule has 0 amide bonds. The van der Waals surface area contributed by atoms with Crippen LogP contribution in [0.4, 0.5) is 5.69 Å². The van der Waals surface area contributed by atoms with Gasteiger partial charge in [-0.1, -0.05) is 55.8 Å². The maximum absolute atomic E-state index is 3.78. The number of anilines is 1. The molecule has 0 aliphatic heterocycles. The van der Waals surface area contributed by atoms with E-state index < -0.39 is 0 Å². The Morgan fingerprint density at radius 3 is 2.60 bits per heavy atom. The number of nitrogens with one attached hydrogen (secondary N) is 1. The van der Waals surface area contributed by atoms with Gasteiger partial charge in [0.2, 0.25) is 0 Å². The molecule has 2 aromatic carbocycles. The summed E-state index contributed by atoms with van der Waals surface area (Å²) < 4.78 is 0. The van der Waals surface area contributed by atoms with Crippen molar-refractivity contribution in [2.45, 2.75) is 45.1 Å². The molecule has 0 heterocycles. The third kappa shape index (κ3) is 2.87. The third-order valence-electron chi connectivity index (χ3n) is 4.24. The molecule has 104 valence electrons. The highest BCUT2D eigenvalue weighted by molar-refractivity contribution is 5.52. The van der Waals surface area contributed by atoms with Gasteiger partial charge in [0.05, 0.1) is 0 Å². The molecule has 1 N–H and O–H groups in total. The van der Waals surface area contributed by atoms with E-state index in [0.717, 1.165) is 12.8 Å². The molecule has 0 spiro atoms. The summed E-state index contributed by atoms with van der Waals surface area (Å²) in [5.74, 6) is 0. The van der Waals surface area contributed by atoms with Crippen LogP contribution in [0.2, 0.25) is 0 Å². The number of para-hydroxylation sites is 1. The fourth-order valence-corrected chi connectivity index (χ4v) is 3.19. The Morgan fingerprint density at radius 1 is 1.00 bits per heavy atom. The molecule has 3 rings (SSSR count).